The molecule has 1 spiro atoms. The number of ether oxygens (including phenoxy) is 3. The van der Waals surface area contributed by atoms with Gasteiger partial charge in [-0.15, -0.1) is 0 Å². The number of carbonyl (C=O) groups is 1. The molecule has 0 N–H and O–H groups in total. The molecule has 2 unspecified atom stereocenters. The van der Waals surface area contributed by atoms with Crippen molar-refractivity contribution in [1.29, 1.82) is 0 Å². The van der Waals surface area contributed by atoms with E-state index in [0.717, 1.165) is 6.42 Å². The van der Waals surface area contributed by atoms with Gasteiger partial charge in [-0.3, -0.25) is 4.79 Å². The Morgan fingerprint density at radius 3 is 1.93 bits per heavy atom. The first-order valence-electron chi connectivity index (χ1n) is 9.99. The average Bonchev–Trinajstić information content (AvgIpc) is 2.66. The predicted octanol–water partition coefficient (Wildman–Crippen LogP) is 4.42. The highest BCUT2D eigenvalue weighted by atomic mass is 19.3. The van der Waals surface area contributed by atoms with Gasteiger partial charge in [0.25, 0.3) is 0 Å². The number of esters is 1. The monoisotopic (exact) mass is 408 g/mol. The smallest absolute Gasteiger partial charge is 0.335 e. The third-order valence-electron chi connectivity index (χ3n) is 7.07. The zero-order valence-electron chi connectivity index (χ0n) is 16.5. The van der Waals surface area contributed by atoms with E-state index in [1.165, 1.54) is 0 Å². The van der Waals surface area contributed by atoms with Crippen molar-refractivity contribution in [3.05, 3.63) is 0 Å². The molecule has 0 aromatic heterocycles. The summed E-state index contributed by atoms with van der Waals surface area (Å²) < 4.78 is 71.9. The van der Waals surface area contributed by atoms with Crippen LogP contribution in [0.15, 0.2) is 0 Å². The molecule has 0 amide bonds. The summed E-state index contributed by atoms with van der Waals surface area (Å²) in [6, 6.07) is 0. The quantitative estimate of drug-likeness (QED) is 0.501. The molecule has 8 heteroatoms. The minimum Gasteiger partial charge on any atom is -0.465 e. The number of hydrogen-bond donors (Lipinski definition) is 0. The van der Waals surface area contributed by atoms with Crippen molar-refractivity contribution >= 4 is 5.97 Å². The number of rotatable bonds is 2. The Balaban J connectivity index is 1.53. The summed E-state index contributed by atoms with van der Waals surface area (Å²) in [4.78, 5) is 12.2. The Kier molecular flexibility index (Phi) is 4.41. The molecule has 4 nitrogen and oxygen atoms in total. The van der Waals surface area contributed by atoms with Gasteiger partial charge in [0.2, 0.25) is 0 Å². The molecule has 5 fully saturated rings. The van der Waals surface area contributed by atoms with Gasteiger partial charge in [-0.1, -0.05) is 0 Å². The van der Waals surface area contributed by atoms with E-state index in [-0.39, 0.29) is 29.8 Å². The predicted molar refractivity (Wildman–Crippen MR) is 90.9 cm³/mol. The molecular formula is C20H28F4O4. The molecule has 0 aromatic carbocycles. The largest absolute Gasteiger partial charge is 0.465 e. The second-order valence-corrected chi connectivity index (χ2v) is 10.4. The van der Waals surface area contributed by atoms with E-state index in [2.05, 4.69) is 0 Å². The summed E-state index contributed by atoms with van der Waals surface area (Å²) in [7, 11) is 0. The molecule has 0 aromatic rings. The van der Waals surface area contributed by atoms with E-state index >= 15 is 0 Å². The fourth-order valence-electron chi connectivity index (χ4n) is 5.83. The third-order valence-corrected chi connectivity index (χ3v) is 7.07. The molecular weight excluding hydrogens is 380 g/mol. The molecule has 1 aliphatic heterocycles. The summed E-state index contributed by atoms with van der Waals surface area (Å²) >= 11 is 0. The fourth-order valence-corrected chi connectivity index (χ4v) is 5.83. The van der Waals surface area contributed by atoms with Crippen LogP contribution in [0.3, 0.4) is 0 Å². The van der Waals surface area contributed by atoms with Gasteiger partial charge in [0.1, 0.15) is 13.2 Å². The number of carbonyl (C=O) groups excluding carboxylic acids is 1. The summed E-state index contributed by atoms with van der Waals surface area (Å²) in [6.45, 7) is 2.98. The first-order valence-corrected chi connectivity index (χ1v) is 9.99. The minimum absolute atomic E-state index is 0.239. The Morgan fingerprint density at radius 2 is 1.46 bits per heavy atom. The van der Waals surface area contributed by atoms with E-state index in [1.54, 1.807) is 20.8 Å². The van der Waals surface area contributed by atoms with Crippen LogP contribution in [0.5, 0.6) is 0 Å². The Bertz CT molecular complexity index is 621. The van der Waals surface area contributed by atoms with Gasteiger partial charge in [-0.25, -0.2) is 0 Å². The molecule has 1 saturated heterocycles. The van der Waals surface area contributed by atoms with Crippen LogP contribution < -0.4 is 0 Å². The van der Waals surface area contributed by atoms with Crippen molar-refractivity contribution < 1.29 is 36.6 Å². The van der Waals surface area contributed by atoms with E-state index in [0.29, 0.717) is 31.6 Å². The first kappa shape index (κ1) is 20.4. The third kappa shape index (κ3) is 3.06. The van der Waals surface area contributed by atoms with E-state index < -0.39 is 36.3 Å². The van der Waals surface area contributed by atoms with E-state index in [4.69, 9.17) is 14.2 Å². The molecule has 28 heavy (non-hydrogen) atoms. The van der Waals surface area contributed by atoms with Crippen molar-refractivity contribution in [3.63, 3.8) is 0 Å². The maximum absolute atomic E-state index is 13.8. The van der Waals surface area contributed by atoms with Crippen LogP contribution in [0.25, 0.3) is 0 Å². The van der Waals surface area contributed by atoms with Gasteiger partial charge in [0.05, 0.1) is 12.0 Å². The highest BCUT2D eigenvalue weighted by Crippen LogP contribution is 2.66. The topological polar surface area (TPSA) is 44.8 Å². The normalized spacial score (nSPS) is 40.3. The van der Waals surface area contributed by atoms with Crippen LogP contribution in [0, 0.1) is 28.6 Å². The Labute approximate surface area is 162 Å². The Hall–Kier alpha value is -0.890. The van der Waals surface area contributed by atoms with E-state index in [9.17, 15) is 22.4 Å². The molecule has 4 aliphatic carbocycles. The fraction of sp³-hybridized carbons (Fsp3) is 0.950. The first-order chi connectivity index (χ1) is 12.8. The van der Waals surface area contributed by atoms with Crippen LogP contribution in [-0.2, 0) is 19.0 Å². The van der Waals surface area contributed by atoms with Crippen LogP contribution in [0.2, 0.25) is 0 Å². The Morgan fingerprint density at radius 1 is 0.964 bits per heavy atom. The van der Waals surface area contributed by atoms with Crippen molar-refractivity contribution in [2.24, 2.45) is 28.6 Å². The molecule has 4 saturated carbocycles. The lowest BCUT2D eigenvalue weighted by molar-refractivity contribution is -0.349. The minimum atomic E-state index is -4.24. The van der Waals surface area contributed by atoms with Gasteiger partial charge >= 0.3 is 17.8 Å². The van der Waals surface area contributed by atoms with E-state index in [1.807, 2.05) is 0 Å². The van der Waals surface area contributed by atoms with Crippen LogP contribution in [0.1, 0.15) is 52.9 Å². The number of alkyl halides is 4. The number of hydrogen-bond acceptors (Lipinski definition) is 4. The molecule has 5 aliphatic rings. The molecule has 0 radical (unpaired) electrons. The van der Waals surface area contributed by atoms with Crippen molar-refractivity contribution in [2.75, 3.05) is 19.8 Å². The van der Waals surface area contributed by atoms with Gasteiger partial charge in [-0.05, 0) is 58.8 Å². The second kappa shape index (κ2) is 6.06. The van der Waals surface area contributed by atoms with Crippen LogP contribution in [-0.4, -0.2) is 43.4 Å². The average molecular weight is 408 g/mol. The lowest BCUT2D eigenvalue weighted by atomic mass is 9.47. The van der Waals surface area contributed by atoms with Crippen LogP contribution in [0.4, 0.5) is 17.6 Å². The highest BCUT2D eigenvalue weighted by Gasteiger charge is 2.69. The molecule has 2 atom stereocenters. The van der Waals surface area contributed by atoms with Crippen molar-refractivity contribution in [3.8, 4) is 0 Å². The summed E-state index contributed by atoms with van der Waals surface area (Å²) in [5.74, 6) is -10.3. The second-order valence-electron chi connectivity index (χ2n) is 10.4. The van der Waals surface area contributed by atoms with Crippen LogP contribution >= 0.6 is 0 Å². The lowest BCUT2D eigenvalue weighted by Gasteiger charge is -2.63. The van der Waals surface area contributed by atoms with Gasteiger partial charge in [0.15, 0.2) is 5.79 Å². The molecule has 5 rings (SSSR count). The summed E-state index contributed by atoms with van der Waals surface area (Å²) in [6.07, 6.45) is 3.48. The highest BCUT2D eigenvalue weighted by molar-refractivity contribution is 5.75. The summed E-state index contributed by atoms with van der Waals surface area (Å²) in [5.41, 5.74) is -0.846. The number of halogens is 4. The summed E-state index contributed by atoms with van der Waals surface area (Å²) in [5, 5.41) is 0. The van der Waals surface area contributed by atoms with Crippen molar-refractivity contribution in [1.82, 2.24) is 0 Å². The zero-order valence-corrected chi connectivity index (χ0v) is 16.5. The standard InChI is InChI=1S/C20H28F4O4/c1-16(2,3)15(25)26-9-17-6-12-4-13(7-17)20(14(5-12)8-17)27-10-18(21,22)19(23,24)11-28-20/h12-14H,4-11H2,1-3H3. The molecule has 1 heterocycles. The van der Waals surface area contributed by atoms with Crippen molar-refractivity contribution in [2.45, 2.75) is 70.5 Å². The van der Waals surface area contributed by atoms with Gasteiger partial charge < -0.3 is 14.2 Å². The molecule has 4 bridgehead atoms. The van der Waals surface area contributed by atoms with Gasteiger partial charge in [-0.2, -0.15) is 17.6 Å². The van der Waals surface area contributed by atoms with Gasteiger partial charge in [0, 0.05) is 17.3 Å². The maximum atomic E-state index is 13.8. The SMILES string of the molecule is CC(C)(C)C(=O)OCC12CC3CC(C1)C1(OCC(F)(F)C(F)(F)CO1)C(C3)C2. The maximum Gasteiger partial charge on any atom is 0.335 e. The lowest BCUT2D eigenvalue weighted by Crippen LogP contribution is -2.64. The molecule has 160 valence electrons. The zero-order chi connectivity index (χ0) is 20.6.